The molecular formula is C13H21N3O3. The number of carbonyl (C=O) groups is 1. The van der Waals surface area contributed by atoms with Gasteiger partial charge in [-0.2, -0.15) is 0 Å². The Morgan fingerprint density at radius 2 is 1.74 bits per heavy atom. The van der Waals surface area contributed by atoms with Gasteiger partial charge in [0.1, 0.15) is 5.69 Å². The van der Waals surface area contributed by atoms with Crippen LogP contribution in [-0.4, -0.2) is 15.9 Å². The number of rotatable bonds is 6. The van der Waals surface area contributed by atoms with Crippen molar-refractivity contribution in [3.8, 4) is 0 Å². The molecule has 0 aliphatic carbocycles. The van der Waals surface area contributed by atoms with Crippen LogP contribution in [-0.2, 0) is 4.79 Å². The third-order valence-corrected chi connectivity index (χ3v) is 3.02. The molecule has 19 heavy (non-hydrogen) atoms. The normalized spacial score (nSPS) is 10.7. The standard InChI is InChI=1S/C13H21N3O3/c1-4-6-9(7-5-2)11(17)15-10-8(3)14-13(19)16-12(10)18/h9H,4-7H2,1-3H3,(H,15,17)(H2,14,16,18,19). The summed E-state index contributed by atoms with van der Waals surface area (Å²) in [6.45, 7) is 5.63. The van der Waals surface area contributed by atoms with E-state index in [0.29, 0.717) is 5.69 Å². The Balaban J connectivity index is 2.92. The number of anilines is 1. The van der Waals surface area contributed by atoms with E-state index in [-0.39, 0.29) is 17.5 Å². The van der Waals surface area contributed by atoms with Gasteiger partial charge in [0.15, 0.2) is 0 Å². The zero-order chi connectivity index (χ0) is 14.4. The second-order valence-electron chi connectivity index (χ2n) is 4.67. The number of nitrogens with one attached hydrogen (secondary N) is 3. The largest absolute Gasteiger partial charge is 0.326 e. The van der Waals surface area contributed by atoms with E-state index in [4.69, 9.17) is 0 Å². The summed E-state index contributed by atoms with van der Waals surface area (Å²) >= 11 is 0. The molecule has 6 nitrogen and oxygen atoms in total. The van der Waals surface area contributed by atoms with Crippen LogP contribution in [0, 0.1) is 12.8 Å². The maximum Gasteiger partial charge on any atom is 0.326 e. The number of aromatic amines is 2. The molecular weight excluding hydrogens is 246 g/mol. The number of hydrogen-bond donors (Lipinski definition) is 3. The lowest BCUT2D eigenvalue weighted by atomic mass is 9.97. The minimum absolute atomic E-state index is 0.0965. The first-order valence-electron chi connectivity index (χ1n) is 6.63. The minimum atomic E-state index is -0.570. The predicted molar refractivity (Wildman–Crippen MR) is 74.4 cm³/mol. The lowest BCUT2D eigenvalue weighted by Crippen LogP contribution is -2.31. The molecule has 106 valence electrons. The lowest BCUT2D eigenvalue weighted by molar-refractivity contribution is -0.120. The predicted octanol–water partition coefficient (Wildman–Crippen LogP) is 1.53. The highest BCUT2D eigenvalue weighted by molar-refractivity contribution is 5.92. The van der Waals surface area contributed by atoms with E-state index in [0.717, 1.165) is 25.7 Å². The first-order valence-corrected chi connectivity index (χ1v) is 6.63. The molecule has 3 N–H and O–H groups in total. The number of aryl methyl sites for hydroxylation is 1. The summed E-state index contributed by atoms with van der Waals surface area (Å²) < 4.78 is 0. The number of aromatic nitrogens is 2. The van der Waals surface area contributed by atoms with Crippen LogP contribution in [0.2, 0.25) is 0 Å². The number of carbonyl (C=O) groups excluding carboxylic acids is 1. The first-order chi connectivity index (χ1) is 8.99. The fourth-order valence-corrected chi connectivity index (χ4v) is 2.08. The summed E-state index contributed by atoms with van der Waals surface area (Å²) in [6, 6.07) is 0. The molecule has 1 aromatic heterocycles. The Labute approximate surface area is 111 Å². The quantitative estimate of drug-likeness (QED) is 0.729. The van der Waals surface area contributed by atoms with Gasteiger partial charge in [-0.25, -0.2) is 4.79 Å². The molecule has 1 amide bonds. The second kappa shape index (κ2) is 6.92. The molecule has 0 unspecified atom stereocenters. The highest BCUT2D eigenvalue weighted by atomic mass is 16.2. The summed E-state index contributed by atoms with van der Waals surface area (Å²) in [5.74, 6) is -0.259. The molecule has 0 spiro atoms. The Morgan fingerprint density at radius 3 is 2.21 bits per heavy atom. The van der Waals surface area contributed by atoms with Crippen molar-refractivity contribution in [3.05, 3.63) is 26.5 Å². The maximum atomic E-state index is 12.1. The van der Waals surface area contributed by atoms with Gasteiger partial charge in [-0.3, -0.25) is 14.6 Å². The van der Waals surface area contributed by atoms with Crippen molar-refractivity contribution in [1.29, 1.82) is 0 Å². The minimum Gasteiger partial charge on any atom is -0.320 e. The Bertz CT molecular complexity index is 539. The Kier molecular flexibility index (Phi) is 5.54. The van der Waals surface area contributed by atoms with Crippen molar-refractivity contribution in [2.24, 2.45) is 5.92 Å². The summed E-state index contributed by atoms with van der Waals surface area (Å²) in [6.07, 6.45) is 3.41. The zero-order valence-electron chi connectivity index (χ0n) is 11.6. The molecule has 0 bridgehead atoms. The molecule has 0 aromatic carbocycles. The van der Waals surface area contributed by atoms with Crippen molar-refractivity contribution < 1.29 is 4.79 Å². The van der Waals surface area contributed by atoms with Gasteiger partial charge in [0.05, 0.1) is 0 Å². The summed E-state index contributed by atoms with van der Waals surface area (Å²) in [4.78, 5) is 39.4. The maximum absolute atomic E-state index is 12.1. The number of amides is 1. The van der Waals surface area contributed by atoms with Crippen molar-refractivity contribution in [2.45, 2.75) is 46.5 Å². The highest BCUT2D eigenvalue weighted by Gasteiger charge is 2.18. The summed E-state index contributed by atoms with van der Waals surface area (Å²) in [5, 5.41) is 2.62. The van der Waals surface area contributed by atoms with Crippen LogP contribution >= 0.6 is 0 Å². The van der Waals surface area contributed by atoms with Crippen LogP contribution < -0.4 is 16.6 Å². The van der Waals surface area contributed by atoms with E-state index < -0.39 is 11.2 Å². The molecule has 1 aromatic rings. The van der Waals surface area contributed by atoms with E-state index in [2.05, 4.69) is 15.3 Å². The van der Waals surface area contributed by atoms with Gasteiger partial charge >= 0.3 is 5.69 Å². The monoisotopic (exact) mass is 267 g/mol. The van der Waals surface area contributed by atoms with Gasteiger partial charge in [0.2, 0.25) is 5.91 Å². The van der Waals surface area contributed by atoms with E-state index in [1.165, 1.54) is 0 Å². The van der Waals surface area contributed by atoms with Gasteiger partial charge in [0.25, 0.3) is 5.56 Å². The summed E-state index contributed by atoms with van der Waals surface area (Å²) in [7, 11) is 0. The molecule has 0 aliphatic rings. The smallest absolute Gasteiger partial charge is 0.320 e. The molecule has 1 rings (SSSR count). The van der Waals surface area contributed by atoms with Gasteiger partial charge in [-0.1, -0.05) is 26.7 Å². The van der Waals surface area contributed by atoms with Crippen LogP contribution in [0.5, 0.6) is 0 Å². The van der Waals surface area contributed by atoms with Gasteiger partial charge < -0.3 is 10.3 Å². The van der Waals surface area contributed by atoms with Crippen LogP contribution in [0.25, 0.3) is 0 Å². The third kappa shape index (κ3) is 4.08. The molecule has 0 fully saturated rings. The van der Waals surface area contributed by atoms with Gasteiger partial charge in [-0.15, -0.1) is 0 Å². The fraction of sp³-hybridized carbons (Fsp3) is 0.615. The molecule has 6 heteroatoms. The number of hydrogen-bond acceptors (Lipinski definition) is 3. The molecule has 0 atom stereocenters. The van der Waals surface area contributed by atoms with Crippen molar-refractivity contribution in [3.63, 3.8) is 0 Å². The van der Waals surface area contributed by atoms with Crippen LogP contribution in [0.15, 0.2) is 9.59 Å². The van der Waals surface area contributed by atoms with Crippen LogP contribution in [0.4, 0.5) is 5.69 Å². The third-order valence-electron chi connectivity index (χ3n) is 3.02. The molecule has 1 heterocycles. The van der Waals surface area contributed by atoms with E-state index in [1.54, 1.807) is 6.92 Å². The Hall–Kier alpha value is -1.85. The SMILES string of the molecule is CCCC(CCC)C(=O)Nc1c(C)[nH]c(=O)[nH]c1=O. The highest BCUT2D eigenvalue weighted by Crippen LogP contribution is 2.16. The van der Waals surface area contributed by atoms with Crippen molar-refractivity contribution in [2.75, 3.05) is 5.32 Å². The van der Waals surface area contributed by atoms with Crippen LogP contribution in [0.3, 0.4) is 0 Å². The molecule has 0 saturated heterocycles. The lowest BCUT2D eigenvalue weighted by Gasteiger charge is -2.15. The molecule has 0 saturated carbocycles. The van der Waals surface area contributed by atoms with Crippen molar-refractivity contribution in [1.82, 2.24) is 9.97 Å². The average molecular weight is 267 g/mol. The second-order valence-corrected chi connectivity index (χ2v) is 4.67. The average Bonchev–Trinajstić information content (AvgIpc) is 2.33. The zero-order valence-corrected chi connectivity index (χ0v) is 11.6. The van der Waals surface area contributed by atoms with Gasteiger partial charge in [-0.05, 0) is 19.8 Å². The van der Waals surface area contributed by atoms with Gasteiger partial charge in [0, 0.05) is 11.6 Å². The number of H-pyrrole nitrogens is 2. The molecule has 0 radical (unpaired) electrons. The first kappa shape index (κ1) is 15.2. The Morgan fingerprint density at radius 1 is 1.16 bits per heavy atom. The van der Waals surface area contributed by atoms with Crippen molar-refractivity contribution >= 4 is 11.6 Å². The molecule has 0 aliphatic heterocycles. The van der Waals surface area contributed by atoms with E-state index in [1.807, 2.05) is 13.8 Å². The summed E-state index contributed by atoms with van der Waals surface area (Å²) in [5.41, 5.74) is -0.642. The fourth-order valence-electron chi connectivity index (χ4n) is 2.08. The van der Waals surface area contributed by atoms with Crippen LogP contribution in [0.1, 0.15) is 45.2 Å². The van der Waals surface area contributed by atoms with E-state index >= 15 is 0 Å². The topological polar surface area (TPSA) is 94.8 Å². The van der Waals surface area contributed by atoms with E-state index in [9.17, 15) is 14.4 Å².